The number of carbonyl (C=O) groups excluding carboxylic acids is 2. The van der Waals surface area contributed by atoms with E-state index in [9.17, 15) is 21.6 Å². The first-order valence-electron chi connectivity index (χ1n) is 23.7. The van der Waals surface area contributed by atoms with Crippen molar-refractivity contribution in [3.63, 3.8) is 0 Å². The van der Waals surface area contributed by atoms with Crippen molar-refractivity contribution in [2.24, 2.45) is 45.8 Å². The normalized spacial score (nSPS) is 33.1. The topological polar surface area (TPSA) is 158 Å². The highest BCUT2D eigenvalue weighted by Gasteiger charge is 2.85. The summed E-state index contributed by atoms with van der Waals surface area (Å²) >= 11 is 0. The second-order valence-electron chi connectivity index (χ2n) is 20.2. The standard InChI is InChI=1S/C54H62O12S2/c1-33(2)45-28-40-29-52(31-55)44-27-22-36(5)43(44)30-53(40,54(45,52)51(56)64-47(38-14-10-8-11-15-38)39-16-12-9-13-17-39)32-62-50-49(66-68(59,60)42-25-20-35(4)21-26-42)48(46(61-7)37(6)63-50)65-67(57,58)41-23-18-34(3)19-24-41/h8-21,23-26,28,31,33,36-37,40,43-44,46-50H,22,27,29-30,32H2,1-7H3/t36-,37-,40+,43-,44-,46-,48-,49+,50-,52+,53+,54+/m1/s1. The van der Waals surface area contributed by atoms with Crippen LogP contribution in [0.5, 0.6) is 0 Å². The summed E-state index contributed by atoms with van der Waals surface area (Å²) in [7, 11) is -7.87. The number of hydrogen-bond acceptors (Lipinski definition) is 12. The van der Waals surface area contributed by atoms with Gasteiger partial charge in [-0.3, -0.25) is 13.2 Å². The lowest BCUT2D eigenvalue weighted by molar-refractivity contribution is -0.297. The maximum Gasteiger partial charge on any atom is 0.318 e. The minimum absolute atomic E-state index is 0.0578. The Balaban J connectivity index is 1.17. The first-order chi connectivity index (χ1) is 32.4. The average Bonchev–Trinajstić information content (AvgIpc) is 3.89. The Labute approximate surface area is 401 Å². The number of aryl methyl sites for hydroxylation is 2. The van der Waals surface area contributed by atoms with Crippen molar-refractivity contribution in [1.29, 1.82) is 0 Å². The predicted molar refractivity (Wildman–Crippen MR) is 253 cm³/mol. The predicted octanol–water partition coefficient (Wildman–Crippen LogP) is 9.10. The fourth-order valence-corrected chi connectivity index (χ4v) is 15.2. The highest BCUT2D eigenvalue weighted by atomic mass is 32.2. The third-order valence-electron chi connectivity index (χ3n) is 16.1. The van der Waals surface area contributed by atoms with Gasteiger partial charge in [-0.2, -0.15) is 16.8 Å². The van der Waals surface area contributed by atoms with Gasteiger partial charge in [-0.1, -0.05) is 135 Å². The van der Waals surface area contributed by atoms with Gasteiger partial charge in [-0.05, 0) is 105 Å². The quantitative estimate of drug-likeness (QED) is 0.0455. The van der Waals surface area contributed by atoms with E-state index in [1.165, 1.54) is 31.4 Å². The maximum atomic E-state index is 16.2. The van der Waals surface area contributed by atoms with E-state index in [0.717, 1.165) is 47.0 Å². The number of methoxy groups -OCH3 is 1. The van der Waals surface area contributed by atoms with E-state index in [2.05, 4.69) is 13.0 Å². The molecule has 4 aromatic rings. The zero-order chi connectivity index (χ0) is 48.4. The van der Waals surface area contributed by atoms with Crippen molar-refractivity contribution in [2.45, 2.75) is 114 Å². The van der Waals surface area contributed by atoms with E-state index in [4.69, 9.17) is 27.3 Å². The minimum atomic E-state index is -4.65. The highest BCUT2D eigenvalue weighted by Crippen LogP contribution is 2.83. The molecule has 68 heavy (non-hydrogen) atoms. The smallest absolute Gasteiger partial charge is 0.318 e. The van der Waals surface area contributed by atoms with Crippen LogP contribution in [0.15, 0.2) is 131 Å². The van der Waals surface area contributed by atoms with Gasteiger partial charge in [0.05, 0.1) is 27.9 Å². The molecule has 4 fully saturated rings. The molecular weight excluding hydrogens is 905 g/mol. The second-order valence-corrected chi connectivity index (χ2v) is 23.3. The Morgan fingerprint density at radius 1 is 0.750 bits per heavy atom. The lowest BCUT2D eigenvalue weighted by Gasteiger charge is -2.59. The minimum Gasteiger partial charge on any atom is -0.452 e. The number of hydrogen-bond donors (Lipinski definition) is 0. The molecule has 4 bridgehead atoms. The van der Waals surface area contributed by atoms with Crippen LogP contribution in [0.4, 0.5) is 0 Å². The molecule has 0 radical (unpaired) electrons. The molecule has 3 saturated carbocycles. The van der Waals surface area contributed by atoms with Crippen molar-refractivity contribution in [1.82, 2.24) is 0 Å². The van der Waals surface area contributed by atoms with Gasteiger partial charge in [0.25, 0.3) is 20.2 Å². The van der Waals surface area contributed by atoms with Gasteiger partial charge in [-0.15, -0.1) is 0 Å². The van der Waals surface area contributed by atoms with Crippen LogP contribution in [-0.2, 0) is 57.1 Å². The van der Waals surface area contributed by atoms with Crippen LogP contribution in [0.3, 0.4) is 0 Å². The zero-order valence-electron chi connectivity index (χ0n) is 39.6. The van der Waals surface area contributed by atoms with Crippen LogP contribution >= 0.6 is 0 Å². The molecule has 0 N–H and O–H groups in total. The number of benzene rings is 4. The maximum absolute atomic E-state index is 16.2. The summed E-state index contributed by atoms with van der Waals surface area (Å²) in [5.41, 5.74) is 0.261. The van der Waals surface area contributed by atoms with Gasteiger partial charge in [-0.25, -0.2) is 0 Å². The van der Waals surface area contributed by atoms with Crippen molar-refractivity contribution in [3.8, 4) is 0 Å². The molecular formula is C54H62O12S2. The lowest BCUT2D eigenvalue weighted by atomic mass is 9.43. The number of aldehydes is 1. The van der Waals surface area contributed by atoms with Crippen molar-refractivity contribution in [2.75, 3.05) is 13.7 Å². The SMILES string of the molecule is CO[C@H]1[C@@H](OS(=O)(=O)c2ccc(C)cc2)[C@H](OS(=O)(=O)c2ccc(C)cc2)[C@H](OC[C@@]23C[C@@H]4[C@H](C)CC[C@H]4[C@@]4(C=O)C[C@@H]2C=C(C(C)C)[C@@]34C(=O)OC(c2ccccc2)c2ccccc2)O[C@@H]1C. The molecule has 1 saturated heterocycles. The Morgan fingerprint density at radius 2 is 1.29 bits per heavy atom. The third-order valence-corrected chi connectivity index (χ3v) is 18.8. The van der Waals surface area contributed by atoms with Gasteiger partial charge in [0, 0.05) is 12.5 Å². The van der Waals surface area contributed by atoms with Crippen LogP contribution in [0, 0.1) is 59.7 Å². The van der Waals surface area contributed by atoms with Crippen molar-refractivity contribution >= 4 is 32.5 Å². The summed E-state index contributed by atoms with van der Waals surface area (Å²) in [5.74, 6) is -0.822. The molecule has 362 valence electrons. The molecule has 9 rings (SSSR count). The van der Waals surface area contributed by atoms with Gasteiger partial charge in [0.2, 0.25) is 0 Å². The lowest BCUT2D eigenvalue weighted by Crippen LogP contribution is -2.65. The Morgan fingerprint density at radius 3 is 1.81 bits per heavy atom. The number of rotatable bonds is 16. The molecule has 0 amide bonds. The van der Waals surface area contributed by atoms with Gasteiger partial charge in [0.1, 0.15) is 23.9 Å². The van der Waals surface area contributed by atoms with Crippen LogP contribution in [0.2, 0.25) is 0 Å². The summed E-state index contributed by atoms with van der Waals surface area (Å²) in [6.07, 6.45) is -2.02. The molecule has 1 aliphatic heterocycles. The largest absolute Gasteiger partial charge is 0.452 e. The molecule has 4 aliphatic carbocycles. The van der Waals surface area contributed by atoms with Gasteiger partial charge < -0.3 is 23.7 Å². The van der Waals surface area contributed by atoms with Crippen LogP contribution < -0.4 is 0 Å². The van der Waals surface area contributed by atoms with E-state index < -0.39 is 79.3 Å². The second kappa shape index (κ2) is 18.3. The van der Waals surface area contributed by atoms with Crippen LogP contribution in [0.1, 0.15) is 81.7 Å². The monoisotopic (exact) mass is 966 g/mol. The fourth-order valence-electron chi connectivity index (χ4n) is 13.1. The zero-order valence-corrected chi connectivity index (χ0v) is 41.3. The molecule has 14 heteroatoms. The molecule has 12 atom stereocenters. The number of esters is 1. The number of ether oxygens (including phenoxy) is 4. The van der Waals surface area contributed by atoms with Gasteiger partial charge in [0.15, 0.2) is 18.5 Å². The molecule has 5 aliphatic rings. The molecule has 12 nitrogen and oxygen atoms in total. The molecule has 0 aromatic heterocycles. The van der Waals surface area contributed by atoms with Crippen molar-refractivity contribution in [3.05, 3.63) is 143 Å². The number of fused-ring (bicyclic) bond motifs is 2. The fraction of sp³-hybridized carbons (Fsp3) is 0.481. The van der Waals surface area contributed by atoms with Crippen LogP contribution in [-0.4, -0.2) is 73.5 Å². The van der Waals surface area contributed by atoms with E-state index in [1.54, 1.807) is 31.2 Å². The summed E-state index contributed by atoms with van der Waals surface area (Å²) in [5, 5.41) is 0. The number of allylic oxidation sites excluding steroid dienone is 1. The molecule has 4 aromatic carbocycles. The van der Waals surface area contributed by atoms with Crippen LogP contribution in [0.25, 0.3) is 0 Å². The first-order valence-corrected chi connectivity index (χ1v) is 26.5. The van der Waals surface area contributed by atoms with E-state index in [1.807, 2.05) is 88.4 Å². The molecule has 0 unspecified atom stereocenters. The summed E-state index contributed by atoms with van der Waals surface area (Å²) in [6.45, 7) is 11.4. The van der Waals surface area contributed by atoms with E-state index >= 15 is 4.79 Å². The molecule has 1 heterocycles. The summed E-state index contributed by atoms with van der Waals surface area (Å²) in [4.78, 5) is 30.3. The highest BCUT2D eigenvalue weighted by molar-refractivity contribution is 7.87. The Hall–Kier alpha value is -4.54. The van der Waals surface area contributed by atoms with E-state index in [-0.39, 0.29) is 46.0 Å². The third kappa shape index (κ3) is 7.82. The van der Waals surface area contributed by atoms with E-state index in [0.29, 0.717) is 12.8 Å². The van der Waals surface area contributed by atoms with Gasteiger partial charge >= 0.3 is 5.97 Å². The Kier molecular flexibility index (Phi) is 13.1. The average molecular weight is 967 g/mol. The number of carbonyl (C=O) groups is 2. The molecule has 0 spiro atoms. The van der Waals surface area contributed by atoms with Crippen molar-refractivity contribution < 1.29 is 53.7 Å². The summed E-state index contributed by atoms with van der Waals surface area (Å²) < 4.78 is 95.5. The Bertz CT molecular complexity index is 2710. The summed E-state index contributed by atoms with van der Waals surface area (Å²) in [6, 6.07) is 31.3. The first kappa shape index (κ1) is 48.5.